The third kappa shape index (κ3) is 2.74. The van der Waals surface area contributed by atoms with E-state index >= 15 is 0 Å². The van der Waals surface area contributed by atoms with Gasteiger partial charge in [0.15, 0.2) is 0 Å². The summed E-state index contributed by atoms with van der Waals surface area (Å²) in [6.07, 6.45) is 17.4. The van der Waals surface area contributed by atoms with Crippen molar-refractivity contribution in [2.24, 2.45) is 0 Å². The maximum absolute atomic E-state index is 2.89. The van der Waals surface area contributed by atoms with Gasteiger partial charge in [-0.25, -0.2) is 0 Å². The second-order valence-corrected chi connectivity index (χ2v) is 63.8. The van der Waals surface area contributed by atoms with Gasteiger partial charge in [0.05, 0.1) is 0 Å². The molecule has 0 fully saturated rings. The fourth-order valence-corrected chi connectivity index (χ4v) is 146. The average molecular weight is 399 g/mol. The first-order chi connectivity index (χ1) is 10.3. The zero-order valence-corrected chi connectivity index (χ0v) is 21.6. The van der Waals surface area contributed by atoms with Gasteiger partial charge < -0.3 is 0 Å². The standard InChI is InChI=1S/C6H21Si4.2C5H5.CH3.Ti/c1-7(2)10(8(3)4)9(5)6;2*1-2-4-5-3-1;;/h7-9H,1-6H3;2*1-3H,4H2;1H3;. The molecule has 0 amide bonds. The van der Waals surface area contributed by atoms with E-state index in [2.05, 4.69) is 81.0 Å². The Bertz CT molecular complexity index is 489. The number of allylic oxidation sites excluding steroid dienone is 8. The summed E-state index contributed by atoms with van der Waals surface area (Å²) in [6.45, 7) is 16.5. The van der Waals surface area contributed by atoms with Gasteiger partial charge in [0.25, 0.3) is 0 Å². The average Bonchev–Trinajstić information content (AvgIpc) is 3.12. The molecule has 0 radical (unpaired) electrons. The Kier molecular flexibility index (Phi) is 6.17. The van der Waals surface area contributed by atoms with E-state index in [4.69, 9.17) is 0 Å². The van der Waals surface area contributed by atoms with E-state index in [0.29, 0.717) is 0 Å². The topological polar surface area (TPSA) is 0 Å². The molecule has 0 nitrogen and oxygen atoms in total. The van der Waals surface area contributed by atoms with E-state index in [1.165, 1.54) is 12.8 Å². The van der Waals surface area contributed by atoms with Crippen LogP contribution in [0.25, 0.3) is 0 Å². The van der Waals surface area contributed by atoms with Gasteiger partial charge in [0.1, 0.15) is 0 Å². The Morgan fingerprint density at radius 3 is 1.36 bits per heavy atom. The van der Waals surface area contributed by atoms with Crippen LogP contribution in [0.3, 0.4) is 0 Å². The zero-order valence-electron chi connectivity index (χ0n) is 15.6. The molecule has 0 bridgehead atoms. The molecule has 0 saturated heterocycles. The molecule has 2 rings (SSSR count). The van der Waals surface area contributed by atoms with Crippen molar-refractivity contribution < 1.29 is 15.8 Å². The molecule has 0 aromatic carbocycles. The van der Waals surface area contributed by atoms with Crippen LogP contribution in [0.1, 0.15) is 12.8 Å². The van der Waals surface area contributed by atoms with Crippen molar-refractivity contribution in [3.05, 3.63) is 44.2 Å². The number of hydrogen-bond acceptors (Lipinski definition) is 0. The molecule has 0 heterocycles. The van der Waals surface area contributed by atoms with Crippen molar-refractivity contribution in [1.29, 1.82) is 0 Å². The molecule has 22 heavy (non-hydrogen) atoms. The van der Waals surface area contributed by atoms with Crippen LogP contribution in [0, 0.1) is 0 Å². The Morgan fingerprint density at radius 2 is 1.14 bits per heavy atom. The first kappa shape index (κ1) is 18.9. The van der Waals surface area contributed by atoms with Gasteiger partial charge in [-0.1, -0.05) is 0 Å². The minimum absolute atomic E-state index is 0.566. The molecular formula is C17H34Si4Ti. The van der Waals surface area contributed by atoms with Crippen LogP contribution < -0.4 is 0 Å². The van der Waals surface area contributed by atoms with Crippen molar-refractivity contribution in [3.63, 3.8) is 0 Å². The second-order valence-electron chi connectivity index (χ2n) is 8.17. The zero-order chi connectivity index (χ0) is 16.5. The van der Waals surface area contributed by atoms with E-state index in [0.717, 1.165) is 0 Å². The molecular weight excluding hydrogens is 364 g/mol. The van der Waals surface area contributed by atoms with Gasteiger partial charge in [-0.2, -0.15) is 0 Å². The first-order valence-electron chi connectivity index (χ1n) is 9.01. The number of rotatable bonds is 6. The Hall–Kier alpha value is 0.542. The van der Waals surface area contributed by atoms with Crippen LogP contribution in [0.2, 0.25) is 44.5 Å². The third-order valence-corrected chi connectivity index (χ3v) is 129. The molecule has 2 aliphatic carbocycles. The molecule has 0 N–H and O–H groups in total. The van der Waals surface area contributed by atoms with Crippen LogP contribution in [-0.4, -0.2) is 29.4 Å². The maximum atomic E-state index is 2.89. The summed E-state index contributed by atoms with van der Waals surface area (Å²) in [5.41, 5.74) is 0. The molecule has 0 aromatic rings. The second kappa shape index (κ2) is 7.20. The Morgan fingerprint density at radius 1 is 0.773 bits per heavy atom. The van der Waals surface area contributed by atoms with E-state index < -0.39 is 45.3 Å². The van der Waals surface area contributed by atoms with Gasteiger partial charge >= 0.3 is 147 Å². The first-order valence-corrected chi connectivity index (χ1v) is 28.8. The molecule has 0 atom stereocenters. The normalized spacial score (nSPS) is 18.8. The van der Waals surface area contributed by atoms with Crippen molar-refractivity contribution in [1.82, 2.24) is 0 Å². The van der Waals surface area contributed by atoms with Crippen molar-refractivity contribution in [3.8, 4) is 0 Å². The van der Waals surface area contributed by atoms with Crippen molar-refractivity contribution >= 4 is 29.4 Å². The van der Waals surface area contributed by atoms with E-state index in [-0.39, 0.29) is 0 Å². The molecule has 5 heteroatoms. The van der Waals surface area contributed by atoms with Gasteiger partial charge in [0, 0.05) is 0 Å². The Balaban J connectivity index is 2.69. The summed E-state index contributed by atoms with van der Waals surface area (Å²) in [4.78, 5) is 0. The fraction of sp³-hybridized carbons (Fsp3) is 0.529. The number of hydrogen-bond donors (Lipinski definition) is 0. The molecule has 0 aromatic heterocycles. The Labute approximate surface area is 146 Å². The fourth-order valence-electron chi connectivity index (χ4n) is 6.13. The van der Waals surface area contributed by atoms with Gasteiger partial charge in [-0.3, -0.25) is 0 Å². The van der Waals surface area contributed by atoms with E-state index in [9.17, 15) is 0 Å². The molecule has 0 unspecified atom stereocenters. The summed E-state index contributed by atoms with van der Waals surface area (Å²) in [7, 11) is -1.70. The SMILES string of the molecule is C[SiH](C)[Si]([SiH](C)C)([SiH](C)C)[Ti]([CH3])([C]1=CC=CC1)[C]1=CC=CC1. The van der Waals surface area contributed by atoms with Gasteiger partial charge in [-0.05, 0) is 0 Å². The van der Waals surface area contributed by atoms with Crippen LogP contribution in [0.4, 0.5) is 0 Å². The third-order valence-electron chi connectivity index (χ3n) is 6.56. The van der Waals surface area contributed by atoms with Crippen LogP contribution in [0.5, 0.6) is 0 Å². The van der Waals surface area contributed by atoms with Gasteiger partial charge in [-0.15, -0.1) is 0 Å². The van der Waals surface area contributed by atoms with Crippen molar-refractivity contribution in [2.45, 2.75) is 57.4 Å². The summed E-state index contributed by atoms with van der Waals surface area (Å²) in [5.74, 6) is 0. The summed E-state index contributed by atoms with van der Waals surface area (Å²) >= 11 is -2.09. The van der Waals surface area contributed by atoms with Gasteiger partial charge in [0.2, 0.25) is 0 Å². The summed E-state index contributed by atoms with van der Waals surface area (Å²) < 4.78 is 2.90. The van der Waals surface area contributed by atoms with E-state index in [1.807, 2.05) is 7.76 Å². The van der Waals surface area contributed by atoms with Crippen molar-refractivity contribution in [2.75, 3.05) is 0 Å². The van der Waals surface area contributed by atoms with Crippen LogP contribution in [0.15, 0.2) is 44.2 Å². The molecule has 0 spiro atoms. The quantitative estimate of drug-likeness (QED) is 0.577. The molecule has 0 saturated carbocycles. The van der Waals surface area contributed by atoms with Crippen LogP contribution in [-0.2, 0) is 15.8 Å². The summed E-state index contributed by atoms with van der Waals surface area (Å²) in [5, 5.41) is 2.89. The predicted octanol–water partition coefficient (Wildman–Crippen LogP) is 4.52. The predicted molar refractivity (Wildman–Crippen MR) is 112 cm³/mol. The summed E-state index contributed by atoms with van der Waals surface area (Å²) in [6, 6.07) is 0. The molecule has 0 aliphatic heterocycles. The molecule has 122 valence electrons. The van der Waals surface area contributed by atoms with Crippen LogP contribution >= 0.6 is 0 Å². The minimum atomic E-state index is -2.09. The monoisotopic (exact) mass is 398 g/mol. The van der Waals surface area contributed by atoms with E-state index in [1.54, 1.807) is 0 Å². The molecule has 2 aliphatic rings.